The van der Waals surface area contributed by atoms with Crippen LogP contribution in [0.25, 0.3) is 0 Å². The van der Waals surface area contributed by atoms with Gasteiger partial charge in [-0.05, 0) is 0 Å². The molecule has 2 fully saturated rings. The molecule has 0 aliphatic carbocycles. The van der Waals surface area contributed by atoms with Crippen molar-refractivity contribution in [3.63, 3.8) is 0 Å². The summed E-state index contributed by atoms with van der Waals surface area (Å²) in [6, 6.07) is 0. The van der Waals surface area contributed by atoms with Crippen LogP contribution in [0, 0.1) is 5.82 Å². The van der Waals surface area contributed by atoms with Crippen molar-refractivity contribution in [3.8, 4) is 0 Å². The van der Waals surface area contributed by atoms with Gasteiger partial charge in [0.05, 0.1) is 19.4 Å². The van der Waals surface area contributed by atoms with E-state index in [2.05, 4.69) is 0 Å². The second-order valence-electron chi connectivity index (χ2n) is 6.72. The van der Waals surface area contributed by atoms with Crippen LogP contribution in [0.5, 0.6) is 0 Å². The quantitative estimate of drug-likeness (QED) is 0.239. The van der Waals surface area contributed by atoms with Crippen LogP contribution in [-0.2, 0) is 14.2 Å². The van der Waals surface area contributed by atoms with Crippen LogP contribution in [-0.4, -0.2) is 102 Å². The number of aliphatic hydroxyl groups is 6. The largest absolute Gasteiger partial charge is 0.394 e. The normalized spacial score (nSPS) is 40.3. The minimum absolute atomic E-state index is 0.516. The lowest BCUT2D eigenvalue weighted by molar-refractivity contribution is -0.306. The van der Waals surface area contributed by atoms with Crippen molar-refractivity contribution in [2.75, 3.05) is 13.2 Å². The first-order valence-electron chi connectivity index (χ1n) is 8.60. The third-order valence-corrected chi connectivity index (χ3v) is 4.81. The van der Waals surface area contributed by atoms with Crippen molar-refractivity contribution in [3.05, 3.63) is 32.9 Å². The number of nitrogens with one attached hydrogen (secondary N) is 1. The summed E-state index contributed by atoms with van der Waals surface area (Å²) in [6.07, 6.45) is -13.3. The van der Waals surface area contributed by atoms with Gasteiger partial charge in [-0.2, -0.15) is 4.39 Å². The van der Waals surface area contributed by atoms with Crippen molar-refractivity contribution in [2.24, 2.45) is 0 Å². The number of aromatic nitrogens is 2. The van der Waals surface area contributed by atoms with Gasteiger partial charge in [0.2, 0.25) is 5.82 Å². The summed E-state index contributed by atoms with van der Waals surface area (Å²) in [5.74, 6) is -1.31. The van der Waals surface area contributed by atoms with Gasteiger partial charge in [-0.25, -0.2) is 4.79 Å². The number of H-pyrrole nitrogens is 1. The average Bonchev–Trinajstić information content (AvgIpc) is 2.97. The molecule has 3 heterocycles. The maximum absolute atomic E-state index is 13.5. The lowest BCUT2D eigenvalue weighted by Gasteiger charge is -2.39. The molecule has 0 saturated carbocycles. The number of hydrogen-bond donors (Lipinski definition) is 7. The zero-order chi connectivity index (χ0) is 21.5. The molecular weight excluding hydrogens is 403 g/mol. The first-order valence-corrected chi connectivity index (χ1v) is 8.60. The summed E-state index contributed by atoms with van der Waals surface area (Å²) in [5, 5.41) is 58.8. The van der Waals surface area contributed by atoms with E-state index in [0.29, 0.717) is 10.8 Å². The van der Waals surface area contributed by atoms with Gasteiger partial charge < -0.3 is 44.8 Å². The van der Waals surface area contributed by atoms with Gasteiger partial charge in [0, 0.05) is 0 Å². The molecule has 0 amide bonds. The van der Waals surface area contributed by atoms with Crippen LogP contribution >= 0.6 is 0 Å². The van der Waals surface area contributed by atoms with Gasteiger partial charge in [-0.3, -0.25) is 14.3 Å². The highest BCUT2D eigenvalue weighted by Crippen LogP contribution is 2.30. The van der Waals surface area contributed by atoms with E-state index in [0.717, 1.165) is 0 Å². The second kappa shape index (κ2) is 8.55. The SMILES string of the molecule is O=c1[nH]c(=O)n([C@H]2OC(CO[C@@H]3O[C@H](CO)[C@H](O)[C@H](O)[C@H]3O)[C@H](O)[C@@H]2O)cc1F. The molecule has 7 N–H and O–H groups in total. The maximum atomic E-state index is 13.5. The Labute approximate surface area is 161 Å². The molecule has 0 spiro atoms. The molecule has 14 heteroatoms. The van der Waals surface area contributed by atoms with Gasteiger partial charge in [0.15, 0.2) is 12.5 Å². The molecule has 0 bridgehead atoms. The molecule has 3 rings (SSSR count). The molecule has 1 aromatic heterocycles. The van der Waals surface area contributed by atoms with Crippen molar-refractivity contribution in [2.45, 2.75) is 55.2 Å². The van der Waals surface area contributed by atoms with E-state index in [9.17, 15) is 39.5 Å². The molecule has 0 radical (unpaired) electrons. The minimum Gasteiger partial charge on any atom is -0.394 e. The fourth-order valence-electron chi connectivity index (χ4n) is 3.14. The Kier molecular flexibility index (Phi) is 6.47. The molecule has 9 atom stereocenters. The summed E-state index contributed by atoms with van der Waals surface area (Å²) < 4.78 is 29.7. The molecule has 2 aliphatic heterocycles. The minimum atomic E-state index is -1.69. The summed E-state index contributed by atoms with van der Waals surface area (Å²) in [7, 11) is 0. The monoisotopic (exact) mass is 424 g/mol. The zero-order valence-corrected chi connectivity index (χ0v) is 14.7. The third-order valence-electron chi connectivity index (χ3n) is 4.81. The summed E-state index contributed by atoms with van der Waals surface area (Å²) in [5.41, 5.74) is -2.34. The Morgan fingerprint density at radius 1 is 1.00 bits per heavy atom. The van der Waals surface area contributed by atoms with Gasteiger partial charge in [-0.1, -0.05) is 0 Å². The molecule has 2 saturated heterocycles. The smallest absolute Gasteiger partial charge is 0.330 e. The average molecular weight is 424 g/mol. The Balaban J connectivity index is 1.69. The maximum Gasteiger partial charge on any atom is 0.330 e. The van der Waals surface area contributed by atoms with Gasteiger partial charge in [-0.15, -0.1) is 0 Å². The van der Waals surface area contributed by atoms with E-state index in [1.165, 1.54) is 0 Å². The van der Waals surface area contributed by atoms with Crippen molar-refractivity contribution < 1.29 is 49.2 Å². The highest BCUT2D eigenvalue weighted by atomic mass is 19.1. The Bertz CT molecular complexity index is 829. The van der Waals surface area contributed by atoms with Crippen LogP contribution < -0.4 is 11.2 Å². The number of hydrogen-bond acceptors (Lipinski definition) is 11. The lowest BCUT2D eigenvalue weighted by Crippen LogP contribution is -2.59. The molecule has 2 aliphatic rings. The van der Waals surface area contributed by atoms with Gasteiger partial charge >= 0.3 is 5.69 Å². The van der Waals surface area contributed by atoms with Crippen LogP contribution in [0.3, 0.4) is 0 Å². The summed E-state index contributed by atoms with van der Waals surface area (Å²) >= 11 is 0. The Morgan fingerprint density at radius 2 is 1.66 bits per heavy atom. The number of nitrogens with zero attached hydrogens (tertiary/aromatic N) is 1. The van der Waals surface area contributed by atoms with E-state index in [1.54, 1.807) is 4.98 Å². The molecule has 0 aromatic carbocycles. The van der Waals surface area contributed by atoms with Crippen LogP contribution in [0.1, 0.15) is 6.23 Å². The number of aliphatic hydroxyl groups excluding tert-OH is 6. The van der Waals surface area contributed by atoms with Crippen molar-refractivity contribution in [1.29, 1.82) is 0 Å². The molecule has 164 valence electrons. The van der Waals surface area contributed by atoms with Crippen molar-refractivity contribution in [1.82, 2.24) is 9.55 Å². The summed E-state index contributed by atoms with van der Waals surface area (Å²) in [4.78, 5) is 24.6. The lowest BCUT2D eigenvalue weighted by atomic mass is 9.99. The Morgan fingerprint density at radius 3 is 2.31 bits per heavy atom. The standard InChI is InChI=1S/C15H21FN2O11/c16-4-1-18(15(26)17-12(4)25)13-10(23)8(21)6(28-13)3-27-14-11(24)9(22)7(20)5(2-19)29-14/h1,5-11,13-14,19-24H,2-3H2,(H,17,25,26)/t5-,6?,7+,8+,9+,10+,11-,13+,14-/m1/s1. The second-order valence-corrected chi connectivity index (χ2v) is 6.72. The van der Waals surface area contributed by atoms with Crippen LogP contribution in [0.15, 0.2) is 15.8 Å². The highest BCUT2D eigenvalue weighted by molar-refractivity contribution is 4.95. The summed E-state index contributed by atoms with van der Waals surface area (Å²) in [6.45, 7) is -1.19. The number of halogens is 1. The Hall–Kier alpha value is -1.75. The number of rotatable bonds is 5. The predicted octanol–water partition coefficient (Wildman–Crippen LogP) is -4.89. The zero-order valence-electron chi connectivity index (χ0n) is 14.7. The molecule has 13 nitrogen and oxygen atoms in total. The van der Waals surface area contributed by atoms with Crippen LogP contribution in [0.4, 0.5) is 4.39 Å². The highest BCUT2D eigenvalue weighted by Gasteiger charge is 2.47. The molecule has 29 heavy (non-hydrogen) atoms. The first-order chi connectivity index (χ1) is 13.6. The van der Waals surface area contributed by atoms with E-state index in [1.807, 2.05) is 0 Å². The topological polar surface area (TPSA) is 204 Å². The van der Waals surface area contributed by atoms with E-state index < -0.39 is 85.5 Å². The van der Waals surface area contributed by atoms with Crippen molar-refractivity contribution >= 4 is 0 Å². The van der Waals surface area contributed by atoms with Crippen LogP contribution in [0.2, 0.25) is 0 Å². The number of aromatic amines is 1. The van der Waals surface area contributed by atoms with E-state index >= 15 is 0 Å². The number of ether oxygens (including phenoxy) is 3. The molecule has 1 aromatic rings. The van der Waals surface area contributed by atoms with E-state index in [-0.39, 0.29) is 0 Å². The van der Waals surface area contributed by atoms with E-state index in [4.69, 9.17) is 19.3 Å². The molecular formula is C15H21FN2O11. The van der Waals surface area contributed by atoms with Gasteiger partial charge in [0.1, 0.15) is 42.7 Å². The predicted molar refractivity (Wildman–Crippen MR) is 86.9 cm³/mol. The van der Waals surface area contributed by atoms with Gasteiger partial charge in [0.25, 0.3) is 5.56 Å². The molecule has 1 unspecified atom stereocenters. The first kappa shape index (κ1) is 21.9. The third kappa shape index (κ3) is 4.11. The fraction of sp³-hybridized carbons (Fsp3) is 0.733. The fourth-order valence-corrected chi connectivity index (χ4v) is 3.14.